The maximum atomic E-state index is 11.0. The van der Waals surface area contributed by atoms with Crippen LogP contribution in [-0.4, -0.2) is 27.5 Å². The highest BCUT2D eigenvalue weighted by molar-refractivity contribution is 5.88. The Hall–Kier alpha value is -1.52. The van der Waals surface area contributed by atoms with Crippen molar-refractivity contribution in [3.63, 3.8) is 0 Å². The van der Waals surface area contributed by atoms with E-state index in [1.165, 1.54) is 0 Å². The van der Waals surface area contributed by atoms with Crippen molar-refractivity contribution in [2.24, 2.45) is 0 Å². The van der Waals surface area contributed by atoms with Crippen molar-refractivity contribution >= 4 is 5.97 Å². The van der Waals surface area contributed by atoms with E-state index in [0.29, 0.717) is 18.4 Å². The topological polar surface area (TPSA) is 64.3 Å². The predicted octanol–water partition coefficient (Wildman–Crippen LogP) is 1.24. The lowest BCUT2D eigenvalue weighted by Gasteiger charge is -2.15. The van der Waals surface area contributed by atoms with Gasteiger partial charge in [0.25, 0.3) is 0 Å². The minimum Gasteiger partial charge on any atom is -0.478 e. The van der Waals surface area contributed by atoms with Gasteiger partial charge in [0.15, 0.2) is 5.69 Å². The molecule has 1 fully saturated rings. The summed E-state index contributed by atoms with van der Waals surface area (Å²) in [7, 11) is 0. The van der Waals surface area contributed by atoms with Crippen molar-refractivity contribution in [3.8, 4) is 5.88 Å². The molecule has 80 valence electrons. The summed E-state index contributed by atoms with van der Waals surface area (Å²) in [5.74, 6) is 0.113. The number of fused-ring (bicyclic) bond motifs is 1. The molecule has 1 aliphatic heterocycles. The van der Waals surface area contributed by atoms with Crippen molar-refractivity contribution in [1.82, 2.24) is 9.78 Å². The average molecular weight is 208 g/mol. The standard InChI is InChI=1S/C10H12N2O3/c13-10(14)8-7(6-2-3-6)9-12(11-8)4-1-5-15-9/h6H,1-5H2,(H,13,14). The average Bonchev–Trinajstić information content (AvgIpc) is 2.98. The van der Waals surface area contributed by atoms with Crippen LogP contribution in [0.4, 0.5) is 0 Å². The first-order chi connectivity index (χ1) is 7.27. The van der Waals surface area contributed by atoms with Crippen LogP contribution in [-0.2, 0) is 6.54 Å². The minimum absolute atomic E-state index is 0.189. The van der Waals surface area contributed by atoms with Gasteiger partial charge in [-0.15, -0.1) is 0 Å². The highest BCUT2D eigenvalue weighted by Crippen LogP contribution is 2.46. The van der Waals surface area contributed by atoms with Crippen molar-refractivity contribution in [1.29, 1.82) is 0 Å². The van der Waals surface area contributed by atoms with Crippen molar-refractivity contribution in [2.75, 3.05) is 6.61 Å². The Morgan fingerprint density at radius 3 is 3.00 bits per heavy atom. The number of aryl methyl sites for hydroxylation is 1. The molecule has 5 nitrogen and oxygen atoms in total. The molecule has 0 aromatic carbocycles. The number of rotatable bonds is 2. The zero-order valence-corrected chi connectivity index (χ0v) is 8.27. The smallest absolute Gasteiger partial charge is 0.356 e. The number of carboxylic acids is 1. The first-order valence-electron chi connectivity index (χ1n) is 5.24. The normalized spacial score (nSPS) is 19.5. The number of aromatic nitrogens is 2. The second-order valence-electron chi connectivity index (χ2n) is 4.07. The SMILES string of the molecule is O=C(O)c1nn2c(c1C1CC1)OCCC2. The molecule has 0 saturated heterocycles. The maximum absolute atomic E-state index is 11.0. The van der Waals surface area contributed by atoms with Gasteiger partial charge >= 0.3 is 5.97 Å². The number of carboxylic acid groups (broad SMARTS) is 1. The molecule has 1 N–H and O–H groups in total. The highest BCUT2D eigenvalue weighted by atomic mass is 16.5. The fourth-order valence-corrected chi connectivity index (χ4v) is 2.05. The molecule has 2 aliphatic rings. The monoisotopic (exact) mass is 208 g/mol. The first-order valence-corrected chi connectivity index (χ1v) is 5.24. The zero-order valence-electron chi connectivity index (χ0n) is 8.27. The Balaban J connectivity index is 2.13. The predicted molar refractivity (Wildman–Crippen MR) is 51.3 cm³/mol. The summed E-state index contributed by atoms with van der Waals surface area (Å²) >= 11 is 0. The molecule has 1 aromatic rings. The number of hydrogen-bond donors (Lipinski definition) is 1. The molecule has 1 aromatic heterocycles. The molecule has 1 aliphatic carbocycles. The molecule has 0 radical (unpaired) electrons. The Morgan fingerprint density at radius 1 is 1.53 bits per heavy atom. The number of hydrogen-bond acceptors (Lipinski definition) is 3. The Morgan fingerprint density at radius 2 is 2.33 bits per heavy atom. The molecule has 1 saturated carbocycles. The van der Waals surface area contributed by atoms with Gasteiger partial charge in [-0.25, -0.2) is 9.48 Å². The van der Waals surface area contributed by atoms with Crippen LogP contribution in [0.2, 0.25) is 0 Å². The van der Waals surface area contributed by atoms with E-state index >= 15 is 0 Å². The number of carbonyl (C=O) groups is 1. The molecular formula is C10H12N2O3. The molecule has 15 heavy (non-hydrogen) atoms. The van der Waals surface area contributed by atoms with Gasteiger partial charge in [-0.2, -0.15) is 5.10 Å². The van der Waals surface area contributed by atoms with Crippen molar-refractivity contribution in [3.05, 3.63) is 11.3 Å². The van der Waals surface area contributed by atoms with Gasteiger partial charge < -0.3 is 9.84 Å². The van der Waals surface area contributed by atoms with E-state index in [4.69, 9.17) is 9.84 Å². The lowest BCUT2D eigenvalue weighted by Crippen LogP contribution is -2.15. The van der Waals surface area contributed by atoms with E-state index in [-0.39, 0.29) is 5.69 Å². The van der Waals surface area contributed by atoms with Gasteiger partial charge in [-0.1, -0.05) is 0 Å². The summed E-state index contributed by atoms with van der Waals surface area (Å²) in [6.07, 6.45) is 3.02. The van der Waals surface area contributed by atoms with Gasteiger partial charge in [0.1, 0.15) is 0 Å². The van der Waals surface area contributed by atoms with Crippen LogP contribution in [0, 0.1) is 0 Å². The quantitative estimate of drug-likeness (QED) is 0.794. The largest absolute Gasteiger partial charge is 0.478 e. The maximum Gasteiger partial charge on any atom is 0.356 e. The summed E-state index contributed by atoms with van der Waals surface area (Å²) in [6, 6.07) is 0. The second-order valence-corrected chi connectivity index (χ2v) is 4.07. The molecule has 2 heterocycles. The Bertz CT molecular complexity index is 421. The molecule has 0 atom stereocenters. The van der Waals surface area contributed by atoms with Gasteiger partial charge in [-0.3, -0.25) is 0 Å². The second kappa shape index (κ2) is 2.98. The molecule has 5 heteroatoms. The summed E-state index contributed by atoms with van der Waals surface area (Å²) in [5.41, 5.74) is 1.01. The van der Waals surface area contributed by atoms with E-state index in [2.05, 4.69) is 5.10 Å². The van der Waals surface area contributed by atoms with Crippen LogP contribution in [0.5, 0.6) is 5.88 Å². The molecule has 0 amide bonds. The van der Waals surface area contributed by atoms with Gasteiger partial charge in [0, 0.05) is 13.0 Å². The van der Waals surface area contributed by atoms with Gasteiger partial charge in [0.2, 0.25) is 5.88 Å². The molecule has 0 spiro atoms. The van der Waals surface area contributed by atoms with E-state index in [1.54, 1.807) is 4.68 Å². The van der Waals surface area contributed by atoms with E-state index in [1.807, 2.05) is 0 Å². The summed E-state index contributed by atoms with van der Waals surface area (Å²) in [4.78, 5) is 11.0. The summed E-state index contributed by atoms with van der Waals surface area (Å²) in [6.45, 7) is 1.44. The van der Waals surface area contributed by atoms with Gasteiger partial charge in [-0.05, 0) is 18.8 Å². The molecule has 0 unspecified atom stereocenters. The van der Waals surface area contributed by atoms with E-state index in [9.17, 15) is 4.79 Å². The van der Waals surface area contributed by atoms with Crippen LogP contribution >= 0.6 is 0 Å². The minimum atomic E-state index is -0.942. The lowest BCUT2D eigenvalue weighted by molar-refractivity contribution is 0.0688. The fourth-order valence-electron chi connectivity index (χ4n) is 2.05. The number of nitrogens with zero attached hydrogens (tertiary/aromatic N) is 2. The Kier molecular flexibility index (Phi) is 1.74. The zero-order chi connectivity index (χ0) is 10.4. The Labute approximate surface area is 86.7 Å². The summed E-state index contributed by atoms with van der Waals surface area (Å²) < 4.78 is 7.22. The number of aromatic carboxylic acids is 1. The van der Waals surface area contributed by atoms with Crippen LogP contribution in [0.15, 0.2) is 0 Å². The first kappa shape index (κ1) is 8.76. The van der Waals surface area contributed by atoms with E-state index in [0.717, 1.165) is 31.4 Å². The van der Waals surface area contributed by atoms with Crippen LogP contribution < -0.4 is 4.74 Å². The number of ether oxygens (including phenoxy) is 1. The third kappa shape index (κ3) is 1.30. The summed E-state index contributed by atoms with van der Waals surface area (Å²) in [5, 5.41) is 13.2. The van der Waals surface area contributed by atoms with Crippen molar-refractivity contribution in [2.45, 2.75) is 31.7 Å². The third-order valence-corrected chi connectivity index (χ3v) is 2.88. The molecular weight excluding hydrogens is 196 g/mol. The van der Waals surface area contributed by atoms with E-state index < -0.39 is 5.97 Å². The van der Waals surface area contributed by atoms with Crippen LogP contribution in [0.3, 0.4) is 0 Å². The van der Waals surface area contributed by atoms with Crippen LogP contribution in [0.25, 0.3) is 0 Å². The fraction of sp³-hybridized carbons (Fsp3) is 0.600. The highest BCUT2D eigenvalue weighted by Gasteiger charge is 2.36. The van der Waals surface area contributed by atoms with Crippen molar-refractivity contribution < 1.29 is 14.6 Å². The van der Waals surface area contributed by atoms with Gasteiger partial charge in [0.05, 0.1) is 12.2 Å². The third-order valence-electron chi connectivity index (χ3n) is 2.88. The lowest BCUT2D eigenvalue weighted by atomic mass is 10.1. The molecule has 3 rings (SSSR count). The van der Waals surface area contributed by atoms with Crippen LogP contribution in [0.1, 0.15) is 41.2 Å². The molecule has 0 bridgehead atoms.